The summed E-state index contributed by atoms with van der Waals surface area (Å²) in [6.07, 6.45) is 7.10. The minimum Gasteiger partial charge on any atom is -0.543 e. The van der Waals surface area contributed by atoms with Gasteiger partial charge in [0.05, 0.1) is 35.9 Å². The summed E-state index contributed by atoms with van der Waals surface area (Å²) in [4.78, 5) is 56.1. The molecule has 1 fully saturated rings. The second-order valence-electron chi connectivity index (χ2n) is 9.19. The van der Waals surface area contributed by atoms with Crippen LogP contribution in [0.25, 0.3) is 11.3 Å². The van der Waals surface area contributed by atoms with Gasteiger partial charge in [0.1, 0.15) is 17.1 Å². The van der Waals surface area contributed by atoms with Crippen LogP contribution in [0.3, 0.4) is 0 Å². The zero-order valence-corrected chi connectivity index (χ0v) is 28.1. The van der Waals surface area contributed by atoms with Gasteiger partial charge in [0.15, 0.2) is 15.2 Å². The van der Waals surface area contributed by atoms with Gasteiger partial charge in [0.2, 0.25) is 0 Å². The third kappa shape index (κ3) is 6.56. The molecule has 4 aromatic heterocycles. The number of hydrogen-bond acceptors (Lipinski definition) is 15. The summed E-state index contributed by atoms with van der Waals surface area (Å²) in [7, 11) is 0. The Morgan fingerprint density at radius 1 is 1.27 bits per heavy atom. The molecule has 6 heterocycles. The maximum absolute atomic E-state index is 13.0. The van der Waals surface area contributed by atoms with Gasteiger partial charge in [-0.1, -0.05) is 16.9 Å². The Hall–Kier alpha value is -3.26. The largest absolute Gasteiger partial charge is 1.00 e. The number of nitrogens with zero attached hydrogens (tertiary/aromatic N) is 7. The zero-order chi connectivity index (χ0) is 30.1. The Morgan fingerprint density at radius 3 is 2.82 bits per heavy atom. The van der Waals surface area contributed by atoms with Crippen LogP contribution in [-0.2, 0) is 20.9 Å². The molecule has 4 aromatic rings. The van der Waals surface area contributed by atoms with Crippen LogP contribution < -0.4 is 45.7 Å². The van der Waals surface area contributed by atoms with E-state index < -0.39 is 34.9 Å². The second kappa shape index (κ2) is 13.8. The summed E-state index contributed by atoms with van der Waals surface area (Å²) >= 11 is 5.19. The second-order valence-corrected chi connectivity index (χ2v) is 13.3. The van der Waals surface area contributed by atoms with Gasteiger partial charge >= 0.3 is 29.6 Å². The fourth-order valence-corrected chi connectivity index (χ4v) is 8.34. The summed E-state index contributed by atoms with van der Waals surface area (Å²) < 4.78 is 2.67. The molecule has 6 rings (SSSR count). The molecule has 1 saturated heterocycles. The van der Waals surface area contributed by atoms with Crippen molar-refractivity contribution in [2.45, 2.75) is 22.3 Å². The average molecular weight is 678 g/mol. The molecule has 0 aliphatic carbocycles. The maximum atomic E-state index is 13.0. The molecule has 2 amide bonds. The molecule has 0 aromatic carbocycles. The van der Waals surface area contributed by atoms with Crippen molar-refractivity contribution in [3.05, 3.63) is 70.5 Å². The third-order valence-corrected chi connectivity index (χ3v) is 10.6. The molecule has 0 saturated carbocycles. The summed E-state index contributed by atoms with van der Waals surface area (Å²) in [6.45, 7) is 0.517. The first-order valence-corrected chi connectivity index (χ1v) is 16.2. The molecule has 220 valence electrons. The van der Waals surface area contributed by atoms with E-state index in [0.717, 1.165) is 37.5 Å². The topological polar surface area (TPSA) is 205 Å². The van der Waals surface area contributed by atoms with E-state index in [4.69, 9.17) is 5.73 Å². The molecule has 19 heteroatoms. The van der Waals surface area contributed by atoms with Crippen LogP contribution >= 0.6 is 46.2 Å². The van der Waals surface area contributed by atoms with Crippen LogP contribution in [0, 0.1) is 0 Å². The molecule has 0 spiro atoms. The van der Waals surface area contributed by atoms with E-state index in [9.17, 15) is 24.7 Å². The van der Waals surface area contributed by atoms with Crippen molar-refractivity contribution in [2.75, 3.05) is 17.2 Å². The maximum Gasteiger partial charge on any atom is 1.00 e. The Morgan fingerprint density at radius 2 is 2.11 bits per heavy atom. The van der Waals surface area contributed by atoms with Crippen LogP contribution in [0.4, 0.5) is 5.13 Å². The van der Waals surface area contributed by atoms with E-state index in [1.807, 2.05) is 28.3 Å². The van der Waals surface area contributed by atoms with Crippen molar-refractivity contribution < 1.29 is 54.3 Å². The number of hydrogen-bond donors (Lipinski definition) is 3. The number of aromatic nitrogens is 5. The summed E-state index contributed by atoms with van der Waals surface area (Å²) in [6, 6.07) is 2.77. The van der Waals surface area contributed by atoms with E-state index >= 15 is 0 Å². The molecular weight excluding hydrogens is 658 g/mol. The van der Waals surface area contributed by atoms with Crippen molar-refractivity contribution in [1.29, 1.82) is 0 Å². The van der Waals surface area contributed by atoms with Gasteiger partial charge < -0.3 is 30.7 Å². The van der Waals surface area contributed by atoms with E-state index in [2.05, 4.69) is 30.4 Å². The standard InChI is InChI=1S/C25H21N9O5S4.Na/c26-24-30-16(10-41-24)17(32-39)20(35)31-18-21(36)34-19(23(37)38)13(7-40-22(18)34)8-42-25-29-14(9-43-25)5-33-6-15(28-11-33)12-2-1-3-27-4-12;/h1-4,6,9-11,18,22,39H,5,7-8H2,(H2,26,30)(H,31,35)(H,37,38);/q;+1/p-1/b32-17+;/t18-,22-;/m1./s1. The number of thiazole rings is 2. The number of oxime groups is 1. The number of fused-ring (bicyclic) bond motifs is 1. The van der Waals surface area contributed by atoms with Crippen LogP contribution in [0.15, 0.2) is 68.6 Å². The number of carboxylic acids is 1. The first kappa shape index (κ1) is 32.1. The third-order valence-electron chi connectivity index (χ3n) is 6.44. The number of nitrogen functional groups attached to an aromatic ring is 1. The molecular formula is C25H20N9NaO5S4. The molecule has 0 bridgehead atoms. The minimum absolute atomic E-state index is 0. The Kier molecular flexibility index (Phi) is 10.1. The Balaban J connectivity index is 0.00000384. The molecule has 2 aliphatic rings. The van der Waals surface area contributed by atoms with E-state index in [1.165, 1.54) is 40.2 Å². The number of anilines is 1. The monoisotopic (exact) mass is 677 g/mol. The molecule has 44 heavy (non-hydrogen) atoms. The van der Waals surface area contributed by atoms with Crippen molar-refractivity contribution in [1.82, 2.24) is 34.7 Å². The number of rotatable bonds is 10. The number of amides is 2. The minimum atomic E-state index is -1.47. The number of aliphatic carboxylic acids is 1. The van der Waals surface area contributed by atoms with E-state index in [1.54, 1.807) is 18.7 Å². The number of carbonyl (C=O) groups excluding carboxylic acids is 3. The number of carbonyl (C=O) groups is 3. The number of nitrogens with one attached hydrogen (secondary N) is 1. The number of carboxylic acid groups (broad SMARTS) is 1. The fraction of sp³-hybridized carbons (Fsp3) is 0.200. The van der Waals surface area contributed by atoms with Crippen molar-refractivity contribution in [2.24, 2.45) is 5.16 Å². The number of β-lactam (4-membered cyclic amide) rings is 1. The Bertz CT molecular complexity index is 1770. The van der Waals surface area contributed by atoms with E-state index in [-0.39, 0.29) is 46.1 Å². The van der Waals surface area contributed by atoms with Crippen LogP contribution in [0.5, 0.6) is 0 Å². The predicted molar refractivity (Wildman–Crippen MR) is 159 cm³/mol. The molecule has 14 nitrogen and oxygen atoms in total. The molecule has 4 N–H and O–H groups in total. The summed E-state index contributed by atoms with van der Waals surface area (Å²) in [5.41, 5.74) is 8.11. The molecule has 2 aliphatic heterocycles. The summed E-state index contributed by atoms with van der Waals surface area (Å²) in [5.74, 6) is -2.32. The van der Waals surface area contributed by atoms with Gasteiger partial charge in [-0.05, 0) is 17.7 Å². The smallest absolute Gasteiger partial charge is 0.543 e. The van der Waals surface area contributed by atoms with Gasteiger partial charge in [0, 0.05) is 46.4 Å². The van der Waals surface area contributed by atoms with Crippen molar-refractivity contribution in [3.8, 4) is 11.3 Å². The number of nitrogens with two attached hydrogens (primary N) is 1. The quantitative estimate of drug-likeness (QED) is 0.0411. The van der Waals surface area contributed by atoms with Gasteiger partial charge in [-0.15, -0.1) is 34.4 Å². The average Bonchev–Trinajstić information content (AvgIpc) is 3.77. The van der Waals surface area contributed by atoms with Crippen LogP contribution in [-0.4, -0.2) is 81.0 Å². The van der Waals surface area contributed by atoms with Crippen molar-refractivity contribution in [3.63, 3.8) is 0 Å². The normalized spacial score (nSPS) is 18.0. The zero-order valence-electron chi connectivity index (χ0n) is 22.8. The predicted octanol–water partition coefficient (Wildman–Crippen LogP) is -2.13. The first-order valence-electron chi connectivity index (χ1n) is 12.4. The Labute approximate surface area is 288 Å². The van der Waals surface area contributed by atoms with Gasteiger partial charge in [-0.25, -0.2) is 15.0 Å². The fourth-order valence-electron chi connectivity index (χ4n) is 4.47. The molecule has 0 unspecified atom stereocenters. The molecule has 0 radical (unpaired) electrons. The van der Waals surface area contributed by atoms with Crippen LogP contribution in [0.1, 0.15) is 11.4 Å². The molecule has 2 atom stereocenters. The number of pyridine rings is 1. The first-order chi connectivity index (χ1) is 20.8. The van der Waals surface area contributed by atoms with Crippen molar-refractivity contribution >= 4 is 74.8 Å². The van der Waals surface area contributed by atoms with Gasteiger partial charge in [0.25, 0.3) is 11.8 Å². The van der Waals surface area contributed by atoms with Gasteiger partial charge in [-0.3, -0.25) is 19.5 Å². The van der Waals surface area contributed by atoms with Crippen LogP contribution in [0.2, 0.25) is 0 Å². The summed E-state index contributed by atoms with van der Waals surface area (Å²) in [5, 5.41) is 29.9. The van der Waals surface area contributed by atoms with Gasteiger partial charge in [-0.2, -0.15) is 0 Å². The SMILES string of the molecule is Nc1nc(/C(=N\O)C(=O)N[C@@H]2C(=O)N3C(C(=O)[O-])=C(CSc4nc(Cn5cnc(-c6cccnc6)c5)cs4)CS[C@H]23)cs1.[Na+]. The number of thioether (sulfide) groups is 2. The van der Waals surface area contributed by atoms with E-state index in [0.29, 0.717) is 23.6 Å². The number of imidazole rings is 1.